The molecule has 3 heteroatoms. The van der Waals surface area contributed by atoms with Gasteiger partial charge in [-0.05, 0) is 34.4 Å². The van der Waals surface area contributed by atoms with Crippen molar-refractivity contribution >= 4 is 5.91 Å². The van der Waals surface area contributed by atoms with Gasteiger partial charge in [0, 0.05) is 19.5 Å². The number of nitriles is 1. The van der Waals surface area contributed by atoms with E-state index in [2.05, 4.69) is 18.2 Å². The minimum atomic E-state index is 0.185. The fourth-order valence-electron chi connectivity index (χ4n) is 2.79. The lowest BCUT2D eigenvalue weighted by atomic mass is 9.97. The Balaban J connectivity index is 1.96. The van der Waals surface area contributed by atoms with Crippen LogP contribution in [-0.4, -0.2) is 10.8 Å². The molecular formula is C18H16N2O. The first kappa shape index (κ1) is 13.4. The lowest BCUT2D eigenvalue weighted by molar-refractivity contribution is -0.131. The van der Waals surface area contributed by atoms with Crippen LogP contribution in [0, 0.1) is 11.3 Å². The van der Waals surface area contributed by atoms with Crippen molar-refractivity contribution in [2.75, 3.05) is 0 Å². The van der Waals surface area contributed by atoms with E-state index in [1.165, 1.54) is 11.1 Å². The number of rotatable bonds is 2. The van der Waals surface area contributed by atoms with Crippen molar-refractivity contribution in [1.82, 2.24) is 4.90 Å². The number of carbonyl (C=O) groups excluding carboxylic acids is 1. The summed E-state index contributed by atoms with van der Waals surface area (Å²) in [5, 5.41) is 9.22. The molecule has 2 aromatic rings. The maximum atomic E-state index is 11.8. The Morgan fingerprint density at radius 3 is 2.71 bits per heavy atom. The van der Waals surface area contributed by atoms with Crippen LogP contribution in [0.5, 0.6) is 0 Å². The molecule has 0 saturated carbocycles. The number of hydrogen-bond donors (Lipinski definition) is 0. The fourth-order valence-corrected chi connectivity index (χ4v) is 2.79. The highest BCUT2D eigenvalue weighted by atomic mass is 16.2. The number of fused-ring (bicyclic) bond motifs is 1. The number of nitrogens with zero attached hydrogens (tertiary/aromatic N) is 2. The van der Waals surface area contributed by atoms with E-state index in [9.17, 15) is 10.1 Å². The Kier molecular flexibility index (Phi) is 3.45. The first-order valence-corrected chi connectivity index (χ1v) is 7.12. The summed E-state index contributed by atoms with van der Waals surface area (Å²) in [6, 6.07) is 16.1. The maximum absolute atomic E-state index is 11.8. The summed E-state index contributed by atoms with van der Waals surface area (Å²) in [5.74, 6) is 0.185. The SMILES string of the molecule is CCC(=O)N1Cc2ccc(-c3ccccc3C#N)cc2C1. The van der Waals surface area contributed by atoms with Crippen LogP contribution in [-0.2, 0) is 17.9 Å². The first-order chi connectivity index (χ1) is 10.2. The summed E-state index contributed by atoms with van der Waals surface area (Å²) in [7, 11) is 0. The summed E-state index contributed by atoms with van der Waals surface area (Å²) >= 11 is 0. The highest BCUT2D eigenvalue weighted by molar-refractivity contribution is 5.77. The molecule has 2 aromatic carbocycles. The van der Waals surface area contributed by atoms with Gasteiger partial charge in [-0.25, -0.2) is 0 Å². The average molecular weight is 276 g/mol. The minimum Gasteiger partial charge on any atom is -0.334 e. The quantitative estimate of drug-likeness (QED) is 0.843. The Labute approximate surface area is 124 Å². The monoisotopic (exact) mass is 276 g/mol. The third-order valence-corrected chi connectivity index (χ3v) is 3.94. The molecule has 0 aliphatic carbocycles. The standard InChI is InChI=1S/C18H16N2O/c1-2-18(21)20-11-15-8-7-13(9-16(15)12-20)17-6-4-3-5-14(17)10-19/h3-9H,2,11-12H2,1H3. The Morgan fingerprint density at radius 2 is 1.95 bits per heavy atom. The van der Waals surface area contributed by atoms with Crippen molar-refractivity contribution in [3.8, 4) is 17.2 Å². The average Bonchev–Trinajstić information content (AvgIpc) is 2.97. The number of amides is 1. The van der Waals surface area contributed by atoms with E-state index in [0.717, 1.165) is 11.1 Å². The lowest BCUT2D eigenvalue weighted by Gasteiger charge is -2.13. The smallest absolute Gasteiger partial charge is 0.222 e. The number of carbonyl (C=O) groups is 1. The number of hydrogen-bond acceptors (Lipinski definition) is 2. The van der Waals surface area contributed by atoms with Crippen LogP contribution in [0.4, 0.5) is 0 Å². The molecule has 1 amide bonds. The zero-order valence-electron chi connectivity index (χ0n) is 12.0. The largest absolute Gasteiger partial charge is 0.334 e. The second-order valence-corrected chi connectivity index (χ2v) is 5.24. The molecule has 3 rings (SSSR count). The second kappa shape index (κ2) is 5.41. The molecule has 0 atom stereocenters. The van der Waals surface area contributed by atoms with Gasteiger partial charge in [0.15, 0.2) is 0 Å². The van der Waals surface area contributed by atoms with Gasteiger partial charge in [-0.1, -0.05) is 37.3 Å². The predicted molar refractivity (Wildman–Crippen MR) is 81.1 cm³/mol. The van der Waals surface area contributed by atoms with Gasteiger partial charge in [0.25, 0.3) is 0 Å². The third kappa shape index (κ3) is 2.41. The first-order valence-electron chi connectivity index (χ1n) is 7.12. The van der Waals surface area contributed by atoms with Crippen molar-refractivity contribution in [2.45, 2.75) is 26.4 Å². The Morgan fingerprint density at radius 1 is 1.19 bits per heavy atom. The van der Waals surface area contributed by atoms with Crippen LogP contribution < -0.4 is 0 Å². The van der Waals surface area contributed by atoms with Gasteiger partial charge >= 0.3 is 0 Å². The van der Waals surface area contributed by atoms with Crippen LogP contribution in [0.2, 0.25) is 0 Å². The maximum Gasteiger partial charge on any atom is 0.222 e. The zero-order chi connectivity index (χ0) is 14.8. The van der Waals surface area contributed by atoms with Crippen molar-refractivity contribution in [2.24, 2.45) is 0 Å². The lowest BCUT2D eigenvalue weighted by Crippen LogP contribution is -2.23. The summed E-state index contributed by atoms with van der Waals surface area (Å²) < 4.78 is 0. The van der Waals surface area contributed by atoms with Gasteiger partial charge in [-0.2, -0.15) is 5.26 Å². The van der Waals surface area contributed by atoms with Crippen LogP contribution in [0.25, 0.3) is 11.1 Å². The minimum absolute atomic E-state index is 0.185. The Hall–Kier alpha value is -2.60. The molecule has 21 heavy (non-hydrogen) atoms. The van der Waals surface area contributed by atoms with Crippen LogP contribution >= 0.6 is 0 Å². The summed E-state index contributed by atoms with van der Waals surface area (Å²) in [6.07, 6.45) is 0.540. The molecule has 0 fully saturated rings. The molecule has 3 nitrogen and oxygen atoms in total. The fraction of sp³-hybridized carbons (Fsp3) is 0.222. The highest BCUT2D eigenvalue weighted by Gasteiger charge is 2.22. The molecule has 1 aliphatic heterocycles. The molecule has 1 aliphatic rings. The van der Waals surface area contributed by atoms with Crippen molar-refractivity contribution < 1.29 is 4.79 Å². The summed E-state index contributed by atoms with van der Waals surface area (Å²) in [6.45, 7) is 3.26. The normalized spacial score (nSPS) is 12.9. The van der Waals surface area contributed by atoms with Crippen LogP contribution in [0.15, 0.2) is 42.5 Å². The van der Waals surface area contributed by atoms with Gasteiger partial charge in [-0.3, -0.25) is 4.79 Å². The molecule has 0 bridgehead atoms. The van der Waals surface area contributed by atoms with Crippen molar-refractivity contribution in [3.05, 3.63) is 59.2 Å². The van der Waals surface area contributed by atoms with Crippen molar-refractivity contribution in [1.29, 1.82) is 5.26 Å². The molecule has 0 spiro atoms. The van der Waals surface area contributed by atoms with E-state index >= 15 is 0 Å². The molecule has 0 N–H and O–H groups in total. The molecular weight excluding hydrogens is 260 g/mol. The van der Waals surface area contributed by atoms with E-state index in [1.807, 2.05) is 42.2 Å². The summed E-state index contributed by atoms with van der Waals surface area (Å²) in [5.41, 5.74) is 5.05. The van der Waals surface area contributed by atoms with E-state index in [1.54, 1.807) is 0 Å². The number of benzene rings is 2. The van der Waals surface area contributed by atoms with E-state index in [0.29, 0.717) is 25.1 Å². The van der Waals surface area contributed by atoms with Gasteiger partial charge in [0.05, 0.1) is 11.6 Å². The second-order valence-electron chi connectivity index (χ2n) is 5.24. The van der Waals surface area contributed by atoms with Gasteiger partial charge in [0.2, 0.25) is 5.91 Å². The van der Waals surface area contributed by atoms with Crippen LogP contribution in [0.3, 0.4) is 0 Å². The van der Waals surface area contributed by atoms with Crippen LogP contribution in [0.1, 0.15) is 30.0 Å². The molecule has 0 aromatic heterocycles. The zero-order valence-corrected chi connectivity index (χ0v) is 12.0. The van der Waals surface area contributed by atoms with Crippen molar-refractivity contribution in [3.63, 3.8) is 0 Å². The van der Waals surface area contributed by atoms with E-state index in [-0.39, 0.29) is 5.91 Å². The molecule has 104 valence electrons. The van der Waals surface area contributed by atoms with Gasteiger partial charge in [-0.15, -0.1) is 0 Å². The predicted octanol–water partition coefficient (Wildman–Crippen LogP) is 3.48. The molecule has 0 unspecified atom stereocenters. The molecule has 1 heterocycles. The van der Waals surface area contributed by atoms with Gasteiger partial charge < -0.3 is 4.90 Å². The van der Waals surface area contributed by atoms with E-state index < -0.39 is 0 Å². The summed E-state index contributed by atoms with van der Waals surface area (Å²) in [4.78, 5) is 13.7. The highest BCUT2D eigenvalue weighted by Crippen LogP contribution is 2.30. The molecule has 0 saturated heterocycles. The van der Waals surface area contributed by atoms with Gasteiger partial charge in [0.1, 0.15) is 0 Å². The Bertz CT molecular complexity index is 743. The molecule has 0 radical (unpaired) electrons. The third-order valence-electron chi connectivity index (χ3n) is 3.94. The van der Waals surface area contributed by atoms with E-state index in [4.69, 9.17) is 0 Å². The topological polar surface area (TPSA) is 44.1 Å².